The van der Waals surface area contributed by atoms with Gasteiger partial charge in [-0.05, 0) is 130 Å². The molecular weight excluding hydrogens is 1770 g/mol. The number of benzene rings is 8. The molecule has 33 heteroatoms. The maximum Gasteiger partial charge on any atom is 1.00 e. The van der Waals surface area contributed by atoms with Crippen molar-refractivity contribution >= 4 is 40.9 Å². The van der Waals surface area contributed by atoms with Gasteiger partial charge in [-0.25, -0.2) is 14.5 Å². The number of aryl methyl sites for hydroxylation is 1. The van der Waals surface area contributed by atoms with Gasteiger partial charge < -0.3 is 84.8 Å². The number of rotatable bonds is 12. The molecule has 8 heterocycles. The maximum atomic E-state index is 13.5. The molecule has 0 unspecified atom stereocenters. The summed E-state index contributed by atoms with van der Waals surface area (Å²) in [4.78, 5) is 80.8. The normalized spacial score (nSPS) is 28.1. The maximum absolute atomic E-state index is 13.5. The number of nitrogens with zero attached hydrogens (tertiary/aromatic N) is 12. The first-order valence-electron chi connectivity index (χ1n) is 42.3. The van der Waals surface area contributed by atoms with Gasteiger partial charge in [-0.3, -0.25) is 39.1 Å². The Balaban J connectivity index is 0.000000155. The van der Waals surface area contributed by atoms with Gasteiger partial charge in [0.25, 0.3) is 0 Å². The van der Waals surface area contributed by atoms with Crippen LogP contribution >= 0.6 is 0 Å². The second-order valence-corrected chi connectivity index (χ2v) is 34.0. The van der Waals surface area contributed by atoms with Crippen molar-refractivity contribution in [2.75, 3.05) is 28.3 Å². The number of carbonyl (C=O) groups is 4. The van der Waals surface area contributed by atoms with Crippen molar-refractivity contribution < 1.29 is 118 Å². The average molecular weight is 1860 g/mol. The fourth-order valence-corrected chi connectivity index (χ4v) is 21.7. The summed E-state index contributed by atoms with van der Waals surface area (Å²) < 4.78 is 36.1. The molecule has 1 amide bonds. The Labute approximate surface area is 810 Å². The van der Waals surface area contributed by atoms with Gasteiger partial charge in [-0.15, -0.1) is 0 Å². The first-order valence-corrected chi connectivity index (χ1v) is 42.3. The van der Waals surface area contributed by atoms with E-state index in [4.69, 9.17) is 48.1 Å². The van der Waals surface area contributed by atoms with Crippen LogP contribution in [-0.2, 0) is 73.5 Å². The first-order chi connectivity index (χ1) is 65.0. The number of ether oxygens (including phenoxy) is 6. The van der Waals surface area contributed by atoms with E-state index in [0.29, 0.717) is 72.5 Å². The van der Waals surface area contributed by atoms with Gasteiger partial charge in [0, 0.05) is 62.6 Å². The number of methoxy groups -OCH3 is 2. The third-order valence-corrected chi connectivity index (χ3v) is 27.3. The van der Waals surface area contributed by atoms with Gasteiger partial charge in [0.15, 0.2) is 44.8 Å². The minimum Gasteiger partial charge on any atom is -0.870 e. The molecular formula is C106H89LiN12O20. The van der Waals surface area contributed by atoms with Crippen molar-refractivity contribution in [1.82, 2.24) is 24.8 Å². The number of pyridine rings is 4. The number of nitriles is 4. The average Bonchev–Trinajstić information content (AvgIpc) is 1.51. The van der Waals surface area contributed by atoms with E-state index in [9.17, 15) is 86.2 Å². The second kappa shape index (κ2) is 38.3. The predicted molar refractivity (Wildman–Crippen MR) is 490 cm³/mol. The van der Waals surface area contributed by atoms with E-state index in [1.807, 2.05) is 79.7 Å². The molecule has 20 atom stereocenters. The molecule has 12 aromatic rings. The fourth-order valence-electron chi connectivity index (χ4n) is 21.7. The molecule has 0 bridgehead atoms. The molecule has 694 valence electrons. The molecule has 0 radical (unpaired) electrons. The molecule has 139 heavy (non-hydrogen) atoms. The summed E-state index contributed by atoms with van der Waals surface area (Å²) in [6.45, 7) is 23.8. The van der Waals surface area contributed by atoms with E-state index in [-0.39, 0.29) is 102 Å². The Morgan fingerprint density at radius 1 is 0.381 bits per heavy atom. The summed E-state index contributed by atoms with van der Waals surface area (Å²) in [5.41, 5.74) is -7.67. The van der Waals surface area contributed by atoms with Crippen LogP contribution in [0.3, 0.4) is 0 Å². The number of carboxylic acid groups (broad SMARTS) is 1. The monoisotopic (exact) mass is 1860 g/mol. The Bertz CT molecular complexity index is 7060. The predicted octanol–water partition coefficient (Wildman–Crippen LogP) is 9.39. The minimum atomic E-state index is -2.24. The van der Waals surface area contributed by atoms with E-state index < -0.39 is 134 Å². The number of hydrogen-bond acceptors (Lipinski definition) is 27. The number of aromatic nitrogens is 4. The van der Waals surface area contributed by atoms with Crippen LogP contribution in [0.5, 0.6) is 23.0 Å². The van der Waals surface area contributed by atoms with E-state index in [2.05, 4.69) is 52.7 Å². The molecule has 4 aromatic heterocycles. The number of fused-ring (bicyclic) bond motifs is 12. The Morgan fingerprint density at radius 3 is 0.849 bits per heavy atom. The Morgan fingerprint density at radius 2 is 0.612 bits per heavy atom. The Kier molecular flexibility index (Phi) is 27.7. The van der Waals surface area contributed by atoms with Crippen LogP contribution in [0, 0.1) is 95.6 Å². The second-order valence-electron chi connectivity index (χ2n) is 34.0. The molecule has 0 spiro atoms. The number of aliphatic hydroxyl groups excluding tert-OH is 4. The van der Waals surface area contributed by atoms with Gasteiger partial charge >= 0.3 is 36.8 Å². The standard InChI is InChI=1S/C27H22N4O4.C26H19N3O5.C26H22N2O5.C25H17N3O5.2CH4.Li.H2O/c1-29-19-13-20-23(30-15-19)26(34)24(32)21(25(33)31(2)3)22(17-7-5-4-6-8-17)27(26,35-20)18-11-9-16(14-28)10-12-18;1-28-18-12-19-22(29-14-18)25(32)23(30)20(24(31)33-2)21(16-6-4-3-5-7-16)26(25,34-19)17-10-8-15(13-27)9-11-17;1-15-12-19-22(28-14-15)25(31)23(29)20(24(30)32-2)21(17-6-4-3-5-7-17)26(25,33-19)18-10-8-16(13-27)9-11-18;1-27-17-11-18-21(28-13-17)24(32)22(29)19(23(30)31)20(15-5-3-2-4-6-15)25(24,33-18)16-9-7-14(12-26)8-10-16;;;;/h4-13,15,21-22,24,32,34H,2-3H3;3-12,14,20-21,23,30,32H,2H3;3-12,14,20-21,23,29,31H,1-2H3;2-11,13,19-20,22,29,32H,(H,30,31);2*1H4;;1H2/q;;;;;;+1;/p-1/t21-,22-,24-,26+,27+;2*20-,21-,23-,25+,26+;19-,20-,22-,24+,25+;;;;/m1111..../s1. The Hall–Kier alpha value is -15.9. The van der Waals surface area contributed by atoms with Gasteiger partial charge in [0.1, 0.15) is 70.2 Å². The third-order valence-electron chi connectivity index (χ3n) is 27.3. The fraction of sp³-hybridized carbons (Fsp3) is 0.255. The summed E-state index contributed by atoms with van der Waals surface area (Å²) >= 11 is 0. The number of esters is 2. The van der Waals surface area contributed by atoms with Crippen LogP contribution in [0.25, 0.3) is 14.5 Å². The summed E-state index contributed by atoms with van der Waals surface area (Å²) in [6.07, 6.45) is -1.12. The molecule has 4 aliphatic carbocycles. The van der Waals surface area contributed by atoms with Crippen molar-refractivity contribution in [2.24, 2.45) is 23.7 Å². The SMILES string of the molecule is C.C.COC(=O)[C@H]1[C@@H](O)[C@@]2(O)c3ncc(C)cc3O[C@@]2(c2ccc(C#N)cc2)[C@@H]1c1ccccc1.[C-]#[N+]c1cnc2c(c1)O[C@@]1(c3ccc(C#N)cc3)[C@H](c3ccccc3)[C@@H](C(=O)N(C)C)[C@@H](O)[C@@]21O.[C-]#[N+]c1cnc2c(c1)O[C@@]1(c3ccc(C#N)cc3)[C@H](c3ccccc3)[C@@H](C(=O)O)[C@@H](O)[C@@]21O.[C-]#[N+]c1cnc2c(c1)O[C@@]1(c3ccc(C#N)cc3)[C@H](c3ccccc3)[C@@H](C(=O)OC)[C@@H](O)[C@@]21O.[Li+].[OH-]. The number of carbonyl (C=O) groups excluding carboxylic acids is 3. The van der Waals surface area contributed by atoms with Crippen molar-refractivity contribution in [3.63, 3.8) is 0 Å². The van der Waals surface area contributed by atoms with Crippen LogP contribution in [0.4, 0.5) is 17.1 Å². The minimum absolute atomic E-state index is 0. The van der Waals surface area contributed by atoms with Crippen LogP contribution in [0.1, 0.15) is 134 Å². The van der Waals surface area contributed by atoms with Gasteiger partial charge in [-0.2, -0.15) is 21.0 Å². The molecule has 4 aliphatic heterocycles. The summed E-state index contributed by atoms with van der Waals surface area (Å²) in [7, 11) is 5.66. The van der Waals surface area contributed by atoms with Gasteiger partial charge in [0.05, 0.1) is 104 Å². The van der Waals surface area contributed by atoms with Crippen molar-refractivity contribution in [2.45, 2.75) is 115 Å². The smallest absolute Gasteiger partial charge is 0.870 e. The van der Waals surface area contributed by atoms with Crippen molar-refractivity contribution in [3.8, 4) is 47.3 Å². The molecule has 4 fully saturated rings. The topological polar surface area (TPSA) is 499 Å². The van der Waals surface area contributed by atoms with Gasteiger partial charge in [0.2, 0.25) is 23.0 Å². The van der Waals surface area contributed by atoms with E-state index in [1.54, 1.807) is 166 Å². The van der Waals surface area contributed by atoms with E-state index in [0.717, 1.165) is 5.56 Å². The molecule has 4 saturated carbocycles. The first kappa shape index (κ1) is 101. The largest absolute Gasteiger partial charge is 1.00 e. The van der Waals surface area contributed by atoms with Crippen LogP contribution in [0.2, 0.25) is 0 Å². The van der Waals surface area contributed by atoms with Crippen LogP contribution in [0.15, 0.2) is 267 Å². The van der Waals surface area contributed by atoms with Gasteiger partial charge in [-0.1, -0.05) is 185 Å². The van der Waals surface area contributed by atoms with Crippen molar-refractivity contribution in [3.05, 3.63) is 397 Å². The zero-order chi connectivity index (χ0) is 95.8. The zero-order valence-corrected chi connectivity index (χ0v) is 73.8. The number of aliphatic hydroxyl groups is 8. The molecule has 10 N–H and O–H groups in total. The van der Waals surface area contributed by atoms with E-state index in [1.165, 1.54) is 68.0 Å². The van der Waals surface area contributed by atoms with Crippen LogP contribution < -0.4 is 37.8 Å². The molecule has 20 rings (SSSR count). The summed E-state index contributed by atoms with van der Waals surface area (Å²) in [6, 6.07) is 76.1. The van der Waals surface area contributed by atoms with E-state index >= 15 is 0 Å². The molecule has 8 aliphatic rings. The summed E-state index contributed by atoms with van der Waals surface area (Å²) in [5, 5.41) is 143. The number of amides is 1. The zero-order valence-electron chi connectivity index (χ0n) is 73.8. The van der Waals surface area contributed by atoms with Crippen molar-refractivity contribution in [1.29, 1.82) is 21.0 Å². The summed E-state index contributed by atoms with van der Waals surface area (Å²) in [5.74, 6) is -10.6. The quantitative estimate of drug-likeness (QED) is 0.0312. The molecule has 32 nitrogen and oxygen atoms in total. The number of carboxylic acids is 1. The number of aliphatic carboxylic acids is 1. The molecule has 8 aromatic carbocycles. The third kappa shape index (κ3) is 14.7. The number of hydrogen-bond donors (Lipinski definition) is 9. The molecule has 0 saturated heterocycles. The van der Waals surface area contributed by atoms with Crippen LogP contribution in [-0.4, -0.2) is 153 Å².